The van der Waals surface area contributed by atoms with Crippen molar-refractivity contribution in [2.75, 3.05) is 20.3 Å². The summed E-state index contributed by atoms with van der Waals surface area (Å²) in [5, 5.41) is 3.44. The first kappa shape index (κ1) is 13.1. The van der Waals surface area contributed by atoms with Gasteiger partial charge in [-0.05, 0) is 27.3 Å². The number of nitrogens with zero attached hydrogens (tertiary/aromatic N) is 2. The highest BCUT2D eigenvalue weighted by Gasteiger charge is 2.45. The first-order chi connectivity index (χ1) is 9.15. The van der Waals surface area contributed by atoms with Gasteiger partial charge in [0.15, 0.2) is 5.79 Å². The first-order valence-corrected chi connectivity index (χ1v) is 7.10. The van der Waals surface area contributed by atoms with Gasteiger partial charge in [-0.15, -0.1) is 0 Å². The van der Waals surface area contributed by atoms with E-state index in [1.165, 1.54) is 5.69 Å². The highest BCUT2D eigenvalue weighted by atomic mass is 16.7. The SMILES string of the molecule is CNC1CCC2(CC1n1cnc(C)c1C)OCCO2. The lowest BCUT2D eigenvalue weighted by Crippen LogP contribution is -2.47. The molecular weight excluding hydrogens is 242 g/mol. The lowest BCUT2D eigenvalue weighted by Gasteiger charge is -2.41. The summed E-state index contributed by atoms with van der Waals surface area (Å²) >= 11 is 0. The third-order valence-electron chi connectivity index (χ3n) is 4.65. The Bertz CT molecular complexity index is 452. The van der Waals surface area contributed by atoms with Crippen molar-refractivity contribution in [3.63, 3.8) is 0 Å². The molecule has 0 aromatic carbocycles. The van der Waals surface area contributed by atoms with E-state index in [2.05, 4.69) is 28.7 Å². The predicted molar refractivity (Wildman–Crippen MR) is 72.1 cm³/mol. The molecule has 106 valence electrons. The molecule has 1 saturated heterocycles. The second-order valence-corrected chi connectivity index (χ2v) is 5.64. The number of aryl methyl sites for hydroxylation is 1. The summed E-state index contributed by atoms with van der Waals surface area (Å²) in [5.74, 6) is -0.359. The lowest BCUT2D eigenvalue weighted by atomic mass is 9.85. The fourth-order valence-electron chi connectivity index (χ4n) is 3.37. The van der Waals surface area contributed by atoms with E-state index in [0.29, 0.717) is 12.1 Å². The zero-order valence-electron chi connectivity index (χ0n) is 12.0. The van der Waals surface area contributed by atoms with Crippen LogP contribution in [0.3, 0.4) is 0 Å². The highest BCUT2D eigenvalue weighted by molar-refractivity contribution is 5.11. The van der Waals surface area contributed by atoms with Gasteiger partial charge in [0.1, 0.15) is 0 Å². The molecule has 1 saturated carbocycles. The van der Waals surface area contributed by atoms with Crippen LogP contribution in [0, 0.1) is 13.8 Å². The molecular formula is C14H23N3O2. The molecule has 2 fully saturated rings. The number of nitrogens with one attached hydrogen (secondary N) is 1. The van der Waals surface area contributed by atoms with Gasteiger partial charge < -0.3 is 19.4 Å². The molecule has 1 aliphatic carbocycles. The monoisotopic (exact) mass is 265 g/mol. The van der Waals surface area contributed by atoms with Crippen LogP contribution >= 0.6 is 0 Å². The van der Waals surface area contributed by atoms with Crippen molar-refractivity contribution in [1.82, 2.24) is 14.9 Å². The zero-order chi connectivity index (χ0) is 13.5. The number of rotatable bonds is 2. The summed E-state index contributed by atoms with van der Waals surface area (Å²) in [6.07, 6.45) is 4.89. The van der Waals surface area contributed by atoms with Gasteiger partial charge in [-0.2, -0.15) is 0 Å². The Morgan fingerprint density at radius 3 is 2.68 bits per heavy atom. The zero-order valence-corrected chi connectivity index (χ0v) is 12.0. The minimum Gasteiger partial charge on any atom is -0.347 e. The van der Waals surface area contributed by atoms with Crippen LogP contribution in [0.1, 0.15) is 36.7 Å². The summed E-state index contributed by atoms with van der Waals surface area (Å²) < 4.78 is 14.1. The van der Waals surface area contributed by atoms with Gasteiger partial charge in [0.2, 0.25) is 0 Å². The maximum Gasteiger partial charge on any atom is 0.170 e. The van der Waals surface area contributed by atoms with E-state index >= 15 is 0 Å². The summed E-state index contributed by atoms with van der Waals surface area (Å²) in [7, 11) is 2.03. The van der Waals surface area contributed by atoms with Crippen LogP contribution in [0.25, 0.3) is 0 Å². The van der Waals surface area contributed by atoms with Crippen molar-refractivity contribution >= 4 is 0 Å². The van der Waals surface area contributed by atoms with Crippen LogP contribution in [0.15, 0.2) is 6.33 Å². The molecule has 1 N–H and O–H groups in total. The lowest BCUT2D eigenvalue weighted by molar-refractivity contribution is -0.188. The average molecular weight is 265 g/mol. The van der Waals surface area contributed by atoms with Crippen LogP contribution < -0.4 is 5.32 Å². The molecule has 0 radical (unpaired) electrons. The Kier molecular flexibility index (Phi) is 3.37. The van der Waals surface area contributed by atoms with Gasteiger partial charge in [-0.3, -0.25) is 0 Å². The normalized spacial score (nSPS) is 30.1. The number of hydrogen-bond acceptors (Lipinski definition) is 4. The number of aromatic nitrogens is 2. The van der Waals surface area contributed by atoms with E-state index < -0.39 is 0 Å². The standard InChI is InChI=1S/C14H23N3O2/c1-10-11(2)17(9-16-10)13-8-14(18-6-7-19-14)5-4-12(13)15-3/h9,12-13,15H,4-8H2,1-3H3. The molecule has 2 unspecified atom stereocenters. The van der Waals surface area contributed by atoms with E-state index in [-0.39, 0.29) is 5.79 Å². The highest BCUT2D eigenvalue weighted by Crippen LogP contribution is 2.41. The second kappa shape index (κ2) is 4.89. The molecule has 5 heteroatoms. The fraction of sp³-hybridized carbons (Fsp3) is 0.786. The number of imidazole rings is 1. The van der Waals surface area contributed by atoms with Crippen molar-refractivity contribution < 1.29 is 9.47 Å². The molecule has 2 atom stereocenters. The smallest absolute Gasteiger partial charge is 0.170 e. The molecule has 19 heavy (non-hydrogen) atoms. The van der Waals surface area contributed by atoms with Crippen LogP contribution in [-0.4, -0.2) is 41.6 Å². The van der Waals surface area contributed by atoms with Crippen molar-refractivity contribution in [3.05, 3.63) is 17.7 Å². The Morgan fingerprint density at radius 2 is 2.11 bits per heavy atom. The number of ether oxygens (including phenoxy) is 2. The molecule has 0 amide bonds. The summed E-state index contributed by atoms with van der Waals surface area (Å²) in [6.45, 7) is 5.63. The Hall–Kier alpha value is -0.910. The topological polar surface area (TPSA) is 48.3 Å². The maximum absolute atomic E-state index is 5.89. The van der Waals surface area contributed by atoms with E-state index in [1.54, 1.807) is 0 Å². The number of likely N-dealkylation sites (N-methyl/N-ethyl adjacent to an activating group) is 1. The van der Waals surface area contributed by atoms with Gasteiger partial charge in [-0.1, -0.05) is 0 Å². The van der Waals surface area contributed by atoms with Crippen LogP contribution in [0.5, 0.6) is 0 Å². The van der Waals surface area contributed by atoms with E-state index in [4.69, 9.17) is 9.47 Å². The molecule has 2 heterocycles. The first-order valence-electron chi connectivity index (χ1n) is 7.10. The number of hydrogen-bond donors (Lipinski definition) is 1. The molecule has 2 aliphatic rings. The summed E-state index contributed by atoms with van der Waals surface area (Å²) in [4.78, 5) is 4.43. The van der Waals surface area contributed by atoms with Crippen molar-refractivity contribution in [2.45, 2.75) is 51.0 Å². The molecule has 1 aromatic heterocycles. The largest absolute Gasteiger partial charge is 0.347 e. The Labute approximate surface area is 114 Å². The average Bonchev–Trinajstić information content (AvgIpc) is 2.99. The van der Waals surface area contributed by atoms with Crippen LogP contribution in [0.2, 0.25) is 0 Å². The third-order valence-corrected chi connectivity index (χ3v) is 4.65. The van der Waals surface area contributed by atoms with Gasteiger partial charge >= 0.3 is 0 Å². The quantitative estimate of drug-likeness (QED) is 0.881. The molecule has 3 rings (SSSR count). The summed E-state index contributed by atoms with van der Waals surface area (Å²) in [5.41, 5.74) is 2.34. The van der Waals surface area contributed by atoms with Gasteiger partial charge in [-0.25, -0.2) is 4.98 Å². The fourth-order valence-corrected chi connectivity index (χ4v) is 3.37. The second-order valence-electron chi connectivity index (χ2n) is 5.64. The van der Waals surface area contributed by atoms with E-state index in [1.807, 2.05) is 13.4 Å². The van der Waals surface area contributed by atoms with Gasteiger partial charge in [0, 0.05) is 24.6 Å². The van der Waals surface area contributed by atoms with E-state index in [0.717, 1.165) is 38.2 Å². The predicted octanol–water partition coefficient (Wildman–Crippen LogP) is 1.56. The van der Waals surface area contributed by atoms with Crippen molar-refractivity contribution in [2.24, 2.45) is 0 Å². The minimum atomic E-state index is -0.359. The third kappa shape index (κ3) is 2.20. The molecule has 1 aliphatic heterocycles. The minimum absolute atomic E-state index is 0.345. The Morgan fingerprint density at radius 1 is 1.37 bits per heavy atom. The molecule has 1 aromatic rings. The Balaban J connectivity index is 1.89. The van der Waals surface area contributed by atoms with Gasteiger partial charge in [0.25, 0.3) is 0 Å². The van der Waals surface area contributed by atoms with Crippen LogP contribution in [0.4, 0.5) is 0 Å². The molecule has 0 bridgehead atoms. The van der Waals surface area contributed by atoms with Crippen molar-refractivity contribution in [3.8, 4) is 0 Å². The maximum atomic E-state index is 5.89. The molecule has 1 spiro atoms. The summed E-state index contributed by atoms with van der Waals surface area (Å²) in [6, 6.07) is 0.795. The van der Waals surface area contributed by atoms with Crippen LogP contribution in [-0.2, 0) is 9.47 Å². The van der Waals surface area contributed by atoms with Crippen molar-refractivity contribution in [1.29, 1.82) is 0 Å². The van der Waals surface area contributed by atoms with Gasteiger partial charge in [0.05, 0.1) is 31.3 Å². The van der Waals surface area contributed by atoms with E-state index in [9.17, 15) is 0 Å². The molecule has 5 nitrogen and oxygen atoms in total.